The monoisotopic (exact) mass is 95.0 g/mol. The first-order valence-corrected chi connectivity index (χ1v) is 1.38. The van der Waals surface area contributed by atoms with E-state index in [0.717, 1.165) is 0 Å². The average molecular weight is 95.0 g/mol. The SMILES string of the molecule is N=[C](N)[Cr]. The van der Waals surface area contributed by atoms with Crippen molar-refractivity contribution in [3.63, 3.8) is 0 Å². The van der Waals surface area contributed by atoms with Gasteiger partial charge >= 0.3 is 32.1 Å². The van der Waals surface area contributed by atoms with E-state index in [1.807, 2.05) is 0 Å². The van der Waals surface area contributed by atoms with Crippen LogP contribution < -0.4 is 5.73 Å². The third-order valence-corrected chi connectivity index (χ3v) is 0. The van der Waals surface area contributed by atoms with E-state index in [1.165, 1.54) is 0 Å². The van der Waals surface area contributed by atoms with Crippen LogP contribution in [0.2, 0.25) is 0 Å². The van der Waals surface area contributed by atoms with Gasteiger partial charge in [-0.25, -0.2) is 0 Å². The van der Waals surface area contributed by atoms with Crippen LogP contribution in [0.5, 0.6) is 0 Å². The standard InChI is InChI=1S/CH3N2.Cr/c2-1-3;/h(H3,2,3);. The second-order valence-electron chi connectivity index (χ2n) is 0.364. The van der Waals surface area contributed by atoms with Crippen LogP contribution in [0.15, 0.2) is 0 Å². The zero-order valence-corrected chi connectivity index (χ0v) is 3.26. The van der Waals surface area contributed by atoms with Crippen LogP contribution in [0.3, 0.4) is 0 Å². The van der Waals surface area contributed by atoms with Gasteiger partial charge in [-0.2, -0.15) is 0 Å². The minimum atomic E-state index is 0.0417. The Hall–Kier alpha value is 0.00247. The summed E-state index contributed by atoms with van der Waals surface area (Å²) in [6.45, 7) is 0. The van der Waals surface area contributed by atoms with E-state index in [-0.39, 0.29) is 4.70 Å². The van der Waals surface area contributed by atoms with Crippen molar-refractivity contribution in [3.05, 3.63) is 0 Å². The molecule has 2 nitrogen and oxygen atoms in total. The van der Waals surface area contributed by atoms with Gasteiger partial charge < -0.3 is 0 Å². The summed E-state index contributed by atoms with van der Waals surface area (Å²) >= 11 is 2.26. The molecule has 0 heterocycles. The molecule has 0 bridgehead atoms. The molecule has 0 aliphatic heterocycles. The van der Waals surface area contributed by atoms with Crippen LogP contribution in [0, 0.1) is 5.41 Å². The summed E-state index contributed by atoms with van der Waals surface area (Å²) in [4.78, 5) is 0. The van der Waals surface area contributed by atoms with Gasteiger partial charge in [0.25, 0.3) is 0 Å². The summed E-state index contributed by atoms with van der Waals surface area (Å²) in [6.07, 6.45) is 0. The zero-order valence-electron chi connectivity index (χ0n) is 1.99. The maximum absolute atomic E-state index is 6.22. The molecule has 0 radical (unpaired) electrons. The average Bonchev–Trinajstić information content (AvgIpc) is 0.811. The van der Waals surface area contributed by atoms with Crippen LogP contribution >= 0.6 is 0 Å². The zero-order chi connectivity index (χ0) is 3.58. The van der Waals surface area contributed by atoms with Gasteiger partial charge in [-0.3, -0.25) is 0 Å². The number of hydrogen-bond donors (Lipinski definition) is 2. The Morgan fingerprint density at radius 2 is 2.00 bits per heavy atom. The van der Waals surface area contributed by atoms with Gasteiger partial charge in [0.1, 0.15) is 0 Å². The molecule has 0 amide bonds. The van der Waals surface area contributed by atoms with Crippen molar-refractivity contribution >= 4 is 4.70 Å². The number of hydrogen-bond acceptors (Lipinski definition) is 1. The van der Waals surface area contributed by atoms with Crippen molar-refractivity contribution in [2.75, 3.05) is 0 Å². The second-order valence-corrected chi connectivity index (χ2v) is 1.05. The molecule has 0 rings (SSSR count). The van der Waals surface area contributed by atoms with Crippen LogP contribution in [-0.4, -0.2) is 4.70 Å². The Morgan fingerprint density at radius 1 is 2.00 bits per heavy atom. The van der Waals surface area contributed by atoms with Crippen LogP contribution in [0.1, 0.15) is 0 Å². The molecule has 0 aromatic carbocycles. The molecule has 4 heavy (non-hydrogen) atoms. The predicted octanol–water partition coefficient (Wildman–Crippen LogP) is -0.573. The van der Waals surface area contributed by atoms with Crippen LogP contribution in [0.4, 0.5) is 0 Å². The first-order valence-electron chi connectivity index (χ1n) is 0.743. The van der Waals surface area contributed by atoms with Gasteiger partial charge in [0.05, 0.1) is 0 Å². The summed E-state index contributed by atoms with van der Waals surface area (Å²) in [5.41, 5.74) is 4.64. The van der Waals surface area contributed by atoms with E-state index in [9.17, 15) is 0 Å². The molecule has 23 valence electrons. The number of nitrogens with one attached hydrogen (secondary N) is 1. The Morgan fingerprint density at radius 3 is 2.00 bits per heavy atom. The Labute approximate surface area is 32.9 Å². The normalized spacial score (nSPS) is 6.00. The quantitative estimate of drug-likeness (QED) is 0.307. The Kier molecular flexibility index (Phi) is 1.34. The molecule has 3 heteroatoms. The maximum atomic E-state index is 6.22. The first-order chi connectivity index (χ1) is 1.73. The summed E-state index contributed by atoms with van der Waals surface area (Å²) in [7, 11) is 0. The molecule has 0 unspecified atom stereocenters. The molecule has 0 saturated heterocycles. The molecular formula is CH3CrN2. The van der Waals surface area contributed by atoms with Gasteiger partial charge in [0.2, 0.25) is 0 Å². The van der Waals surface area contributed by atoms with Gasteiger partial charge in [0, 0.05) is 0 Å². The van der Waals surface area contributed by atoms with E-state index >= 15 is 0 Å². The van der Waals surface area contributed by atoms with E-state index < -0.39 is 0 Å². The molecule has 0 spiro atoms. The van der Waals surface area contributed by atoms with Crippen molar-refractivity contribution in [2.24, 2.45) is 5.73 Å². The molecule has 0 atom stereocenters. The molecular weight excluding hydrogens is 92.0 g/mol. The van der Waals surface area contributed by atoms with E-state index in [2.05, 4.69) is 22.0 Å². The third kappa shape index (κ3) is 331000. The summed E-state index contributed by atoms with van der Waals surface area (Å²) in [6, 6.07) is 0. The second kappa shape index (κ2) is 1.34. The van der Waals surface area contributed by atoms with Crippen molar-refractivity contribution in [2.45, 2.75) is 0 Å². The predicted molar refractivity (Wildman–Crippen MR) is 11.9 cm³/mol. The fraction of sp³-hybridized carbons (Fsp3) is 0. The van der Waals surface area contributed by atoms with Gasteiger partial charge in [-0.15, -0.1) is 0 Å². The molecule has 0 aromatic heterocycles. The van der Waals surface area contributed by atoms with Crippen LogP contribution in [-0.2, 0) is 16.3 Å². The van der Waals surface area contributed by atoms with E-state index in [1.54, 1.807) is 0 Å². The Balaban J connectivity index is 2.80. The first kappa shape index (κ1) is 4.00. The van der Waals surface area contributed by atoms with Crippen molar-refractivity contribution in [1.82, 2.24) is 0 Å². The minimum absolute atomic E-state index is 0.0417. The van der Waals surface area contributed by atoms with Crippen LogP contribution in [0.25, 0.3) is 0 Å². The van der Waals surface area contributed by atoms with E-state index in [0.29, 0.717) is 0 Å². The van der Waals surface area contributed by atoms with Crippen molar-refractivity contribution in [3.8, 4) is 0 Å². The fourth-order valence-electron chi connectivity index (χ4n) is 0. The fourth-order valence-corrected chi connectivity index (χ4v) is 0. The number of nitrogens with two attached hydrogens (primary N) is 1. The molecule has 0 saturated carbocycles. The third-order valence-electron chi connectivity index (χ3n) is 0. The van der Waals surface area contributed by atoms with Crippen molar-refractivity contribution < 1.29 is 16.3 Å². The number of amidine groups is 1. The molecule has 0 aromatic rings. The molecule has 3 N–H and O–H groups in total. The van der Waals surface area contributed by atoms with E-state index in [4.69, 9.17) is 5.41 Å². The molecule has 0 aliphatic carbocycles. The van der Waals surface area contributed by atoms with Gasteiger partial charge in [-0.1, -0.05) is 0 Å². The Bertz CT molecular complexity index is 29.0. The van der Waals surface area contributed by atoms with Gasteiger partial charge in [-0.05, 0) is 0 Å². The summed E-state index contributed by atoms with van der Waals surface area (Å²) in [5.74, 6) is 0. The topological polar surface area (TPSA) is 49.9 Å². The molecule has 0 fully saturated rings. The molecule has 0 aliphatic rings. The summed E-state index contributed by atoms with van der Waals surface area (Å²) < 4.78 is 0.0417. The summed E-state index contributed by atoms with van der Waals surface area (Å²) in [5, 5.41) is 6.22. The number of rotatable bonds is 0. The van der Waals surface area contributed by atoms with Gasteiger partial charge in [0.15, 0.2) is 0 Å². The van der Waals surface area contributed by atoms with Crippen molar-refractivity contribution in [1.29, 1.82) is 5.41 Å².